The van der Waals surface area contributed by atoms with E-state index in [4.69, 9.17) is 17.0 Å². The standard InChI is InChI=1S/C18H19N3O3S/c1-12-5-8-16-13(10-12)4-3-9-20(16)18(25)19-15-7-6-14(21(22)23)11-17(15)24-2/h5-8,10-11H,3-4,9H2,1-2H3,(H,19,25). The molecule has 7 heteroatoms. The molecule has 3 rings (SSSR count). The number of nitrogens with zero attached hydrogens (tertiary/aromatic N) is 2. The average Bonchev–Trinajstić information content (AvgIpc) is 2.60. The number of nitrogens with one attached hydrogen (secondary N) is 1. The van der Waals surface area contributed by atoms with Crippen LogP contribution in [0.3, 0.4) is 0 Å². The molecule has 0 unspecified atom stereocenters. The lowest BCUT2D eigenvalue weighted by Crippen LogP contribution is -2.38. The summed E-state index contributed by atoms with van der Waals surface area (Å²) in [6, 6.07) is 10.8. The molecule has 25 heavy (non-hydrogen) atoms. The Morgan fingerprint density at radius 3 is 2.84 bits per heavy atom. The number of ether oxygens (including phenoxy) is 1. The molecule has 2 aromatic rings. The third kappa shape index (κ3) is 3.56. The van der Waals surface area contributed by atoms with Crippen LogP contribution >= 0.6 is 12.2 Å². The van der Waals surface area contributed by atoms with E-state index in [2.05, 4.69) is 35.3 Å². The van der Waals surface area contributed by atoms with Gasteiger partial charge in [0, 0.05) is 18.3 Å². The largest absolute Gasteiger partial charge is 0.494 e. The van der Waals surface area contributed by atoms with Gasteiger partial charge in [-0.3, -0.25) is 10.1 Å². The first-order valence-corrected chi connectivity index (χ1v) is 8.41. The van der Waals surface area contributed by atoms with Crippen molar-refractivity contribution in [1.82, 2.24) is 0 Å². The molecule has 0 aromatic heterocycles. The summed E-state index contributed by atoms with van der Waals surface area (Å²) in [4.78, 5) is 12.5. The molecule has 1 aliphatic rings. The lowest BCUT2D eigenvalue weighted by atomic mass is 10.00. The first-order valence-electron chi connectivity index (χ1n) is 8.00. The van der Waals surface area contributed by atoms with Crippen LogP contribution in [0.2, 0.25) is 0 Å². The quantitative estimate of drug-likeness (QED) is 0.507. The van der Waals surface area contributed by atoms with Crippen LogP contribution in [-0.4, -0.2) is 23.7 Å². The van der Waals surface area contributed by atoms with Crippen LogP contribution in [0.5, 0.6) is 5.75 Å². The Bertz CT molecular complexity index is 838. The number of non-ortho nitro benzene ring substituents is 1. The number of hydrogen-bond acceptors (Lipinski definition) is 4. The van der Waals surface area contributed by atoms with Crippen molar-refractivity contribution >= 4 is 34.4 Å². The monoisotopic (exact) mass is 357 g/mol. The Morgan fingerprint density at radius 1 is 1.32 bits per heavy atom. The van der Waals surface area contributed by atoms with Crippen molar-refractivity contribution in [3.63, 3.8) is 0 Å². The summed E-state index contributed by atoms with van der Waals surface area (Å²) in [6.45, 7) is 2.91. The molecule has 0 saturated heterocycles. The van der Waals surface area contributed by atoms with Gasteiger partial charge in [-0.25, -0.2) is 0 Å². The summed E-state index contributed by atoms with van der Waals surface area (Å²) in [5, 5.41) is 14.6. The van der Waals surface area contributed by atoms with E-state index in [9.17, 15) is 10.1 Å². The van der Waals surface area contributed by atoms with E-state index in [1.165, 1.54) is 30.4 Å². The number of methoxy groups -OCH3 is 1. The molecule has 0 atom stereocenters. The number of thiocarbonyl (C=S) groups is 1. The van der Waals surface area contributed by atoms with Crippen LogP contribution < -0.4 is 15.0 Å². The Hall–Kier alpha value is -2.67. The number of fused-ring (bicyclic) bond motifs is 1. The minimum absolute atomic E-state index is 0.0212. The Labute approximate surface area is 151 Å². The van der Waals surface area contributed by atoms with Crippen molar-refractivity contribution in [1.29, 1.82) is 0 Å². The smallest absolute Gasteiger partial charge is 0.273 e. The first kappa shape index (κ1) is 17.2. The Morgan fingerprint density at radius 2 is 2.12 bits per heavy atom. The van der Waals surface area contributed by atoms with Crippen molar-refractivity contribution in [2.45, 2.75) is 19.8 Å². The fourth-order valence-corrected chi connectivity index (χ4v) is 3.32. The molecule has 1 N–H and O–H groups in total. The molecule has 1 aliphatic heterocycles. The average molecular weight is 357 g/mol. The highest BCUT2D eigenvalue weighted by Crippen LogP contribution is 2.32. The maximum atomic E-state index is 10.9. The lowest BCUT2D eigenvalue weighted by molar-refractivity contribution is -0.384. The molecule has 2 aromatic carbocycles. The topological polar surface area (TPSA) is 67.6 Å². The third-order valence-corrected chi connectivity index (χ3v) is 4.56. The summed E-state index contributed by atoms with van der Waals surface area (Å²) >= 11 is 5.58. The Balaban J connectivity index is 1.85. The highest BCUT2D eigenvalue weighted by Gasteiger charge is 2.21. The van der Waals surface area contributed by atoms with Crippen molar-refractivity contribution < 1.29 is 9.66 Å². The predicted molar refractivity (Wildman–Crippen MR) is 103 cm³/mol. The fourth-order valence-electron chi connectivity index (χ4n) is 3.02. The van der Waals surface area contributed by atoms with Crippen LogP contribution in [-0.2, 0) is 6.42 Å². The zero-order valence-electron chi connectivity index (χ0n) is 14.1. The third-order valence-electron chi connectivity index (χ3n) is 4.24. The normalized spacial score (nSPS) is 13.1. The summed E-state index contributed by atoms with van der Waals surface area (Å²) in [5.41, 5.74) is 4.21. The molecule has 0 bridgehead atoms. The van der Waals surface area contributed by atoms with Crippen LogP contribution in [0.15, 0.2) is 36.4 Å². The van der Waals surface area contributed by atoms with Gasteiger partial charge in [-0.05, 0) is 49.7 Å². The van der Waals surface area contributed by atoms with Gasteiger partial charge in [-0.1, -0.05) is 17.7 Å². The number of aryl methyl sites for hydroxylation is 2. The van der Waals surface area contributed by atoms with Gasteiger partial charge in [0.2, 0.25) is 0 Å². The second kappa shape index (κ2) is 7.06. The number of nitro benzene ring substituents is 1. The summed E-state index contributed by atoms with van der Waals surface area (Å²) in [5.74, 6) is 0.387. The van der Waals surface area contributed by atoms with Gasteiger partial charge in [-0.2, -0.15) is 0 Å². The van der Waals surface area contributed by atoms with E-state index < -0.39 is 4.92 Å². The number of rotatable bonds is 3. The molecule has 6 nitrogen and oxygen atoms in total. The van der Waals surface area contributed by atoms with Gasteiger partial charge in [0.15, 0.2) is 5.11 Å². The van der Waals surface area contributed by atoms with Crippen molar-refractivity contribution in [3.8, 4) is 5.75 Å². The highest BCUT2D eigenvalue weighted by molar-refractivity contribution is 7.80. The minimum atomic E-state index is -0.451. The molecule has 1 heterocycles. The second-order valence-electron chi connectivity index (χ2n) is 5.96. The van der Waals surface area contributed by atoms with E-state index in [1.807, 2.05) is 0 Å². The van der Waals surface area contributed by atoms with Gasteiger partial charge >= 0.3 is 0 Å². The van der Waals surface area contributed by atoms with Gasteiger partial charge < -0.3 is 15.0 Å². The SMILES string of the molecule is COc1cc([N+](=O)[O-])ccc1NC(=S)N1CCCc2cc(C)ccc21. The highest BCUT2D eigenvalue weighted by atomic mass is 32.1. The Kier molecular flexibility index (Phi) is 4.85. The van der Waals surface area contributed by atoms with Crippen molar-refractivity contribution in [3.05, 3.63) is 57.6 Å². The summed E-state index contributed by atoms with van der Waals surface area (Å²) in [6.07, 6.45) is 2.06. The van der Waals surface area contributed by atoms with Crippen LogP contribution in [0.4, 0.5) is 17.1 Å². The van der Waals surface area contributed by atoms with E-state index in [1.54, 1.807) is 6.07 Å². The van der Waals surface area contributed by atoms with E-state index in [0.29, 0.717) is 16.5 Å². The van der Waals surface area contributed by atoms with Crippen LogP contribution in [0.1, 0.15) is 17.5 Å². The minimum Gasteiger partial charge on any atom is -0.494 e. The van der Waals surface area contributed by atoms with Crippen molar-refractivity contribution in [2.75, 3.05) is 23.9 Å². The van der Waals surface area contributed by atoms with Gasteiger partial charge in [0.05, 0.1) is 23.8 Å². The van der Waals surface area contributed by atoms with Gasteiger partial charge in [0.25, 0.3) is 5.69 Å². The van der Waals surface area contributed by atoms with E-state index >= 15 is 0 Å². The first-order chi connectivity index (χ1) is 12.0. The molecule has 0 radical (unpaired) electrons. The summed E-state index contributed by atoms with van der Waals surface area (Å²) < 4.78 is 5.26. The molecule has 0 spiro atoms. The van der Waals surface area contributed by atoms with E-state index in [-0.39, 0.29) is 5.69 Å². The van der Waals surface area contributed by atoms with E-state index in [0.717, 1.165) is 25.1 Å². The zero-order chi connectivity index (χ0) is 18.0. The molecule has 130 valence electrons. The number of nitro groups is 1. The van der Waals surface area contributed by atoms with Crippen LogP contribution in [0, 0.1) is 17.0 Å². The number of benzene rings is 2. The van der Waals surface area contributed by atoms with Crippen LogP contribution in [0.25, 0.3) is 0 Å². The second-order valence-corrected chi connectivity index (χ2v) is 6.35. The zero-order valence-corrected chi connectivity index (χ0v) is 14.9. The molecule has 0 saturated carbocycles. The maximum absolute atomic E-state index is 10.9. The van der Waals surface area contributed by atoms with Gasteiger partial charge in [-0.15, -0.1) is 0 Å². The van der Waals surface area contributed by atoms with Gasteiger partial charge in [0.1, 0.15) is 5.75 Å². The number of hydrogen-bond donors (Lipinski definition) is 1. The maximum Gasteiger partial charge on any atom is 0.273 e. The molecule has 0 amide bonds. The molecule has 0 aliphatic carbocycles. The lowest BCUT2D eigenvalue weighted by Gasteiger charge is -2.32. The fraction of sp³-hybridized carbons (Fsp3) is 0.278. The predicted octanol–water partition coefficient (Wildman–Crippen LogP) is 4.06. The molecule has 0 fully saturated rings. The molecular formula is C18H19N3O3S. The molecular weight excluding hydrogens is 338 g/mol. The van der Waals surface area contributed by atoms with Crippen molar-refractivity contribution in [2.24, 2.45) is 0 Å². The number of anilines is 2. The summed E-state index contributed by atoms with van der Waals surface area (Å²) in [7, 11) is 1.48.